The van der Waals surface area contributed by atoms with Gasteiger partial charge in [0, 0.05) is 6.07 Å². The number of nitro benzene ring substituents is 1. The second kappa shape index (κ2) is 6.01. The molecule has 0 fully saturated rings. The topological polar surface area (TPSA) is 113 Å². The van der Waals surface area contributed by atoms with Gasteiger partial charge >= 0.3 is 0 Å². The lowest BCUT2D eigenvalue weighted by Gasteiger charge is -2.09. The van der Waals surface area contributed by atoms with Crippen molar-refractivity contribution in [2.24, 2.45) is 0 Å². The van der Waals surface area contributed by atoms with Crippen molar-refractivity contribution >= 4 is 33.0 Å². The largest absolute Gasteiger partial charge is 0.289 e. The highest BCUT2D eigenvalue weighted by molar-refractivity contribution is 7.92. The molecule has 2 rings (SSSR count). The van der Waals surface area contributed by atoms with E-state index < -0.39 is 20.6 Å². The molecule has 0 spiro atoms. The maximum atomic E-state index is 12.3. The van der Waals surface area contributed by atoms with Crippen LogP contribution in [0, 0.1) is 21.4 Å². The van der Waals surface area contributed by atoms with Gasteiger partial charge in [-0.05, 0) is 24.3 Å². The second-order valence-electron chi connectivity index (χ2n) is 4.13. The third-order valence-electron chi connectivity index (χ3n) is 2.72. The molecular weight excluding hydrogens is 330 g/mol. The Morgan fingerprint density at radius 1 is 1.23 bits per heavy atom. The lowest BCUT2D eigenvalue weighted by molar-refractivity contribution is -0.384. The summed E-state index contributed by atoms with van der Waals surface area (Å²) in [6.45, 7) is 0. The fourth-order valence-corrected chi connectivity index (χ4v) is 2.96. The third-order valence-corrected chi connectivity index (χ3v) is 4.40. The van der Waals surface area contributed by atoms with E-state index in [1.165, 1.54) is 12.1 Å². The van der Waals surface area contributed by atoms with Crippen molar-refractivity contribution in [1.82, 2.24) is 0 Å². The zero-order valence-corrected chi connectivity index (χ0v) is 12.4. The molecule has 0 aliphatic rings. The molecular formula is C13H8ClN3O4S. The number of halogens is 1. The number of sulfonamides is 1. The van der Waals surface area contributed by atoms with Crippen molar-refractivity contribution in [3.8, 4) is 6.07 Å². The fourth-order valence-electron chi connectivity index (χ4n) is 1.67. The molecule has 112 valence electrons. The van der Waals surface area contributed by atoms with E-state index in [2.05, 4.69) is 4.72 Å². The Bertz CT molecular complexity index is 890. The molecule has 2 aromatic rings. The fraction of sp³-hybridized carbons (Fsp3) is 0. The van der Waals surface area contributed by atoms with E-state index in [0.717, 1.165) is 18.2 Å². The summed E-state index contributed by atoms with van der Waals surface area (Å²) in [5.74, 6) is 0. The first-order valence-electron chi connectivity index (χ1n) is 5.81. The summed E-state index contributed by atoms with van der Waals surface area (Å²) in [5.41, 5.74) is -0.296. The maximum absolute atomic E-state index is 12.3. The van der Waals surface area contributed by atoms with Crippen LogP contribution in [-0.2, 0) is 10.0 Å². The van der Waals surface area contributed by atoms with E-state index in [9.17, 15) is 18.5 Å². The van der Waals surface area contributed by atoms with Crippen LogP contribution in [0.15, 0.2) is 47.4 Å². The quantitative estimate of drug-likeness (QED) is 0.680. The van der Waals surface area contributed by atoms with E-state index in [-0.39, 0.29) is 21.2 Å². The first-order chi connectivity index (χ1) is 10.3. The summed E-state index contributed by atoms with van der Waals surface area (Å²) in [7, 11) is -4.08. The molecule has 7 nitrogen and oxygen atoms in total. The Labute approximate surface area is 131 Å². The average molecular weight is 338 g/mol. The van der Waals surface area contributed by atoms with Crippen molar-refractivity contribution in [3.05, 3.63) is 63.2 Å². The molecule has 0 heterocycles. The standard InChI is InChI=1S/C13H8ClN3O4S/c14-11-6-5-10(7-13(11)17(18)19)22(20,21)16-12-4-2-1-3-9(12)8-15/h1-7,16H. The lowest BCUT2D eigenvalue weighted by Crippen LogP contribution is -2.14. The Balaban J connectivity index is 2.46. The number of hydrogen-bond donors (Lipinski definition) is 1. The molecule has 0 unspecified atom stereocenters. The first kappa shape index (κ1) is 15.8. The Kier molecular flexibility index (Phi) is 4.30. The Hall–Kier alpha value is -2.63. The van der Waals surface area contributed by atoms with Gasteiger partial charge in [-0.2, -0.15) is 5.26 Å². The van der Waals surface area contributed by atoms with Crippen LogP contribution in [0.3, 0.4) is 0 Å². The van der Waals surface area contributed by atoms with Crippen LogP contribution in [0.2, 0.25) is 5.02 Å². The number of nitro groups is 1. The van der Waals surface area contributed by atoms with Gasteiger partial charge in [0.15, 0.2) is 0 Å². The van der Waals surface area contributed by atoms with Crippen molar-refractivity contribution < 1.29 is 13.3 Å². The number of hydrogen-bond acceptors (Lipinski definition) is 5. The van der Waals surface area contributed by atoms with Crippen LogP contribution >= 0.6 is 11.6 Å². The lowest BCUT2D eigenvalue weighted by atomic mass is 10.2. The normalized spacial score (nSPS) is 10.7. The molecule has 0 radical (unpaired) electrons. The van der Waals surface area contributed by atoms with E-state index in [1.807, 2.05) is 6.07 Å². The number of nitrogens with one attached hydrogen (secondary N) is 1. The van der Waals surface area contributed by atoms with Crippen molar-refractivity contribution in [3.63, 3.8) is 0 Å². The smallest absolute Gasteiger partial charge is 0.278 e. The molecule has 0 aromatic heterocycles. The van der Waals surface area contributed by atoms with Crippen LogP contribution in [0.1, 0.15) is 5.56 Å². The van der Waals surface area contributed by atoms with Gasteiger partial charge in [-0.15, -0.1) is 0 Å². The first-order valence-corrected chi connectivity index (χ1v) is 7.67. The van der Waals surface area contributed by atoms with E-state index in [0.29, 0.717) is 0 Å². The highest BCUT2D eigenvalue weighted by atomic mass is 35.5. The predicted octanol–water partition coefficient (Wildman–Crippen LogP) is 2.92. The summed E-state index contributed by atoms with van der Waals surface area (Å²) in [5, 5.41) is 19.6. The zero-order valence-electron chi connectivity index (χ0n) is 10.9. The van der Waals surface area contributed by atoms with E-state index in [1.54, 1.807) is 12.1 Å². The van der Waals surface area contributed by atoms with Gasteiger partial charge in [-0.1, -0.05) is 23.7 Å². The highest BCUT2D eigenvalue weighted by Crippen LogP contribution is 2.28. The van der Waals surface area contributed by atoms with Gasteiger partial charge in [-0.25, -0.2) is 8.42 Å². The zero-order chi connectivity index (χ0) is 16.3. The third kappa shape index (κ3) is 3.16. The van der Waals surface area contributed by atoms with Gasteiger partial charge in [0.1, 0.15) is 11.1 Å². The molecule has 2 aromatic carbocycles. The molecule has 0 aliphatic heterocycles. The number of benzene rings is 2. The number of anilines is 1. The maximum Gasteiger partial charge on any atom is 0.289 e. The summed E-state index contributed by atoms with van der Waals surface area (Å²) >= 11 is 5.65. The molecule has 0 bridgehead atoms. The predicted molar refractivity (Wildman–Crippen MR) is 80.1 cm³/mol. The monoisotopic (exact) mass is 337 g/mol. The molecule has 0 aliphatic carbocycles. The second-order valence-corrected chi connectivity index (χ2v) is 6.22. The Morgan fingerprint density at radius 2 is 1.91 bits per heavy atom. The highest BCUT2D eigenvalue weighted by Gasteiger charge is 2.21. The van der Waals surface area contributed by atoms with Gasteiger partial charge in [0.2, 0.25) is 0 Å². The summed E-state index contributed by atoms with van der Waals surface area (Å²) in [6, 6.07) is 11.0. The van der Waals surface area contributed by atoms with Gasteiger partial charge in [-0.3, -0.25) is 14.8 Å². The minimum absolute atomic E-state index is 0.0857. The molecule has 0 amide bonds. The minimum Gasteiger partial charge on any atom is -0.278 e. The van der Waals surface area contributed by atoms with Gasteiger partial charge < -0.3 is 0 Å². The Morgan fingerprint density at radius 3 is 2.55 bits per heavy atom. The van der Waals surface area contributed by atoms with E-state index >= 15 is 0 Å². The molecule has 0 atom stereocenters. The average Bonchev–Trinajstić information content (AvgIpc) is 2.47. The van der Waals surface area contributed by atoms with Crippen molar-refractivity contribution in [1.29, 1.82) is 5.26 Å². The molecule has 22 heavy (non-hydrogen) atoms. The van der Waals surface area contributed by atoms with Crippen molar-refractivity contribution in [2.45, 2.75) is 4.90 Å². The van der Waals surface area contributed by atoms with Crippen LogP contribution < -0.4 is 4.72 Å². The van der Waals surface area contributed by atoms with Crippen LogP contribution in [-0.4, -0.2) is 13.3 Å². The van der Waals surface area contributed by atoms with Crippen LogP contribution in [0.25, 0.3) is 0 Å². The number of rotatable bonds is 4. The molecule has 9 heteroatoms. The summed E-state index contributed by atoms with van der Waals surface area (Å²) < 4.78 is 26.8. The number of para-hydroxylation sites is 1. The van der Waals surface area contributed by atoms with Gasteiger partial charge in [0.05, 0.1) is 21.1 Å². The number of nitrogens with zero attached hydrogens (tertiary/aromatic N) is 2. The summed E-state index contributed by atoms with van der Waals surface area (Å²) in [6.07, 6.45) is 0. The minimum atomic E-state index is -4.08. The summed E-state index contributed by atoms with van der Waals surface area (Å²) in [4.78, 5) is 9.73. The molecule has 0 saturated heterocycles. The molecule has 1 N–H and O–H groups in total. The van der Waals surface area contributed by atoms with Gasteiger partial charge in [0.25, 0.3) is 15.7 Å². The molecule has 0 saturated carbocycles. The SMILES string of the molecule is N#Cc1ccccc1NS(=O)(=O)c1ccc(Cl)c([N+](=O)[O-])c1. The van der Waals surface area contributed by atoms with Crippen molar-refractivity contribution in [2.75, 3.05) is 4.72 Å². The van der Waals surface area contributed by atoms with Crippen LogP contribution in [0.4, 0.5) is 11.4 Å². The number of nitriles is 1. The van der Waals surface area contributed by atoms with Crippen LogP contribution in [0.5, 0.6) is 0 Å². The van der Waals surface area contributed by atoms with E-state index in [4.69, 9.17) is 16.9 Å².